The molecule has 1 N–H and O–H groups in total. The van der Waals surface area contributed by atoms with Gasteiger partial charge in [0.25, 0.3) is 5.91 Å². The van der Waals surface area contributed by atoms with E-state index >= 15 is 0 Å². The third-order valence-corrected chi connectivity index (χ3v) is 4.13. The van der Waals surface area contributed by atoms with Gasteiger partial charge >= 0.3 is 6.18 Å². The van der Waals surface area contributed by atoms with Crippen LogP contribution >= 0.6 is 0 Å². The molecule has 1 aromatic heterocycles. The molecule has 1 aliphatic heterocycles. The van der Waals surface area contributed by atoms with Crippen molar-refractivity contribution in [3.05, 3.63) is 53.9 Å². The summed E-state index contributed by atoms with van der Waals surface area (Å²) in [6.45, 7) is 1.49. The summed E-state index contributed by atoms with van der Waals surface area (Å²) in [7, 11) is 0. The molecule has 3 rings (SSSR count). The fourth-order valence-electron chi connectivity index (χ4n) is 2.81. The molecule has 0 atom stereocenters. The van der Waals surface area contributed by atoms with E-state index in [1.165, 1.54) is 24.5 Å². The van der Waals surface area contributed by atoms with Gasteiger partial charge in [-0.05, 0) is 49.6 Å². The van der Waals surface area contributed by atoms with Gasteiger partial charge in [0.15, 0.2) is 0 Å². The summed E-state index contributed by atoms with van der Waals surface area (Å²) in [6, 6.07) is 6.39. The van der Waals surface area contributed by atoms with Crippen molar-refractivity contribution in [1.29, 1.82) is 0 Å². The Morgan fingerprint density at radius 1 is 1.00 bits per heavy atom. The predicted octanol–water partition coefficient (Wildman–Crippen LogP) is 4.47. The van der Waals surface area contributed by atoms with Crippen LogP contribution in [-0.2, 0) is 6.18 Å². The molecule has 0 spiro atoms. The van der Waals surface area contributed by atoms with Gasteiger partial charge in [0.1, 0.15) is 0 Å². The Morgan fingerprint density at radius 3 is 2.32 bits per heavy atom. The van der Waals surface area contributed by atoms with E-state index in [0.717, 1.165) is 44.5 Å². The third-order valence-electron chi connectivity index (χ3n) is 4.13. The van der Waals surface area contributed by atoms with Gasteiger partial charge in [0, 0.05) is 25.0 Å². The van der Waals surface area contributed by atoms with E-state index in [0.29, 0.717) is 16.9 Å². The molecule has 1 saturated heterocycles. The van der Waals surface area contributed by atoms with Gasteiger partial charge in [-0.2, -0.15) is 13.2 Å². The van der Waals surface area contributed by atoms with Crippen molar-refractivity contribution < 1.29 is 18.0 Å². The fourth-order valence-corrected chi connectivity index (χ4v) is 2.81. The van der Waals surface area contributed by atoms with Gasteiger partial charge in [-0.25, -0.2) is 0 Å². The number of hydrogen-bond donors (Lipinski definition) is 1. The van der Waals surface area contributed by atoms with Crippen LogP contribution in [0.2, 0.25) is 0 Å². The average molecular weight is 349 g/mol. The summed E-state index contributed by atoms with van der Waals surface area (Å²) >= 11 is 0. The molecule has 4 nitrogen and oxygen atoms in total. The molecule has 1 fully saturated rings. The minimum absolute atomic E-state index is 0.0664. The molecule has 1 aliphatic rings. The first kappa shape index (κ1) is 17.3. The molecule has 0 saturated carbocycles. The van der Waals surface area contributed by atoms with Gasteiger partial charge in [-0.3, -0.25) is 9.78 Å². The lowest BCUT2D eigenvalue weighted by molar-refractivity contribution is -0.137. The molecular formula is C18H18F3N3O. The first-order chi connectivity index (χ1) is 11.9. The van der Waals surface area contributed by atoms with E-state index in [9.17, 15) is 18.0 Å². The Morgan fingerprint density at radius 2 is 1.68 bits per heavy atom. The van der Waals surface area contributed by atoms with Crippen molar-refractivity contribution >= 4 is 17.3 Å². The number of rotatable bonds is 3. The highest BCUT2D eigenvalue weighted by atomic mass is 19.4. The SMILES string of the molecule is O=C(c1cncc(Nc2ccc(C(F)(F)F)cc2)c1)N1CCCCC1. The van der Waals surface area contributed by atoms with Crippen LogP contribution in [0.3, 0.4) is 0 Å². The van der Waals surface area contributed by atoms with Crippen LogP contribution in [0, 0.1) is 0 Å². The van der Waals surface area contributed by atoms with Crippen molar-refractivity contribution in [1.82, 2.24) is 9.88 Å². The van der Waals surface area contributed by atoms with Crippen molar-refractivity contribution in [3.8, 4) is 0 Å². The number of hydrogen-bond acceptors (Lipinski definition) is 3. The Balaban J connectivity index is 1.72. The first-order valence-electron chi connectivity index (χ1n) is 8.12. The molecule has 2 heterocycles. The maximum atomic E-state index is 12.6. The van der Waals surface area contributed by atoms with Crippen LogP contribution in [0.1, 0.15) is 35.2 Å². The molecule has 0 radical (unpaired) electrons. The first-order valence-corrected chi connectivity index (χ1v) is 8.12. The Labute approximate surface area is 143 Å². The van der Waals surface area contributed by atoms with Gasteiger partial charge in [-0.15, -0.1) is 0 Å². The topological polar surface area (TPSA) is 45.2 Å². The zero-order valence-electron chi connectivity index (χ0n) is 13.5. The molecule has 1 amide bonds. The number of alkyl halides is 3. The lowest BCUT2D eigenvalue weighted by Gasteiger charge is -2.26. The molecule has 0 unspecified atom stereocenters. The number of pyridine rings is 1. The Hall–Kier alpha value is -2.57. The van der Waals surface area contributed by atoms with Gasteiger partial charge in [0.05, 0.1) is 23.0 Å². The monoisotopic (exact) mass is 349 g/mol. The van der Waals surface area contributed by atoms with Crippen LogP contribution in [0.5, 0.6) is 0 Å². The summed E-state index contributed by atoms with van der Waals surface area (Å²) in [4.78, 5) is 18.4. The summed E-state index contributed by atoms with van der Waals surface area (Å²) in [5.74, 6) is -0.0664. The second kappa shape index (κ2) is 7.13. The van der Waals surface area contributed by atoms with Gasteiger partial charge < -0.3 is 10.2 Å². The highest BCUT2D eigenvalue weighted by Gasteiger charge is 2.29. The summed E-state index contributed by atoms with van der Waals surface area (Å²) < 4.78 is 37.8. The lowest BCUT2D eigenvalue weighted by atomic mass is 10.1. The number of likely N-dealkylation sites (tertiary alicyclic amines) is 1. The number of anilines is 2. The molecule has 7 heteroatoms. The predicted molar refractivity (Wildman–Crippen MR) is 88.7 cm³/mol. The minimum Gasteiger partial charge on any atom is -0.354 e. The van der Waals surface area contributed by atoms with Crippen molar-refractivity contribution in [2.24, 2.45) is 0 Å². The van der Waals surface area contributed by atoms with E-state index in [4.69, 9.17) is 0 Å². The number of carbonyl (C=O) groups is 1. The Kier molecular flexibility index (Phi) is 4.92. The summed E-state index contributed by atoms with van der Waals surface area (Å²) in [5.41, 5.74) is 0.823. The highest BCUT2D eigenvalue weighted by Crippen LogP contribution is 2.30. The number of piperidine rings is 1. The summed E-state index contributed by atoms with van der Waals surface area (Å²) in [6.07, 6.45) is 1.82. The smallest absolute Gasteiger partial charge is 0.354 e. The molecule has 25 heavy (non-hydrogen) atoms. The average Bonchev–Trinajstić information content (AvgIpc) is 2.62. The van der Waals surface area contributed by atoms with Gasteiger partial charge in [-0.1, -0.05) is 0 Å². The lowest BCUT2D eigenvalue weighted by Crippen LogP contribution is -2.35. The molecule has 2 aromatic rings. The highest BCUT2D eigenvalue weighted by molar-refractivity contribution is 5.95. The number of nitrogens with one attached hydrogen (secondary N) is 1. The molecule has 0 bridgehead atoms. The summed E-state index contributed by atoms with van der Waals surface area (Å²) in [5, 5.41) is 2.98. The van der Waals surface area contributed by atoms with Gasteiger partial charge in [0.2, 0.25) is 0 Å². The maximum Gasteiger partial charge on any atom is 0.416 e. The van der Waals surface area contributed by atoms with Crippen molar-refractivity contribution in [3.63, 3.8) is 0 Å². The number of carbonyl (C=O) groups excluding carboxylic acids is 1. The number of benzene rings is 1. The van der Waals surface area contributed by atoms with Crippen LogP contribution in [0.25, 0.3) is 0 Å². The minimum atomic E-state index is -4.36. The van der Waals surface area contributed by atoms with Crippen LogP contribution in [0.4, 0.5) is 24.5 Å². The van der Waals surface area contributed by atoms with E-state index in [1.807, 2.05) is 4.90 Å². The largest absolute Gasteiger partial charge is 0.416 e. The standard InChI is InChI=1S/C18H18F3N3O/c19-18(20,21)14-4-6-15(7-5-14)23-16-10-13(11-22-12-16)17(25)24-8-2-1-3-9-24/h4-7,10-12,23H,1-3,8-9H2. The van der Waals surface area contributed by atoms with E-state index in [-0.39, 0.29) is 5.91 Å². The molecule has 132 valence electrons. The number of aromatic nitrogens is 1. The zero-order chi connectivity index (χ0) is 17.9. The second-order valence-corrected chi connectivity index (χ2v) is 6.02. The number of nitrogens with zero attached hydrogens (tertiary/aromatic N) is 2. The van der Waals surface area contributed by atoms with E-state index in [1.54, 1.807) is 6.07 Å². The van der Waals surface area contributed by atoms with Crippen LogP contribution in [-0.4, -0.2) is 28.9 Å². The van der Waals surface area contributed by atoms with Crippen molar-refractivity contribution in [2.45, 2.75) is 25.4 Å². The Bertz CT molecular complexity index is 738. The van der Waals surface area contributed by atoms with Crippen molar-refractivity contribution in [2.75, 3.05) is 18.4 Å². The normalized spacial score (nSPS) is 15.1. The molecule has 0 aliphatic carbocycles. The third kappa shape index (κ3) is 4.29. The number of amides is 1. The van der Waals surface area contributed by atoms with E-state index < -0.39 is 11.7 Å². The molecular weight excluding hydrogens is 331 g/mol. The quantitative estimate of drug-likeness (QED) is 0.889. The van der Waals surface area contributed by atoms with Crippen LogP contribution in [0.15, 0.2) is 42.7 Å². The van der Waals surface area contributed by atoms with Crippen LogP contribution < -0.4 is 5.32 Å². The number of halogens is 3. The zero-order valence-corrected chi connectivity index (χ0v) is 13.5. The fraction of sp³-hybridized carbons (Fsp3) is 0.333. The maximum absolute atomic E-state index is 12.6. The van der Waals surface area contributed by atoms with E-state index in [2.05, 4.69) is 10.3 Å². The molecule has 1 aromatic carbocycles. The second-order valence-electron chi connectivity index (χ2n) is 6.02.